The zero-order valence-corrected chi connectivity index (χ0v) is 10.5. The molecule has 0 saturated carbocycles. The van der Waals surface area contributed by atoms with Crippen LogP contribution in [0.25, 0.3) is 16.6 Å². The molecule has 19 heavy (non-hydrogen) atoms. The quantitative estimate of drug-likeness (QED) is 0.761. The van der Waals surface area contributed by atoms with E-state index in [0.29, 0.717) is 0 Å². The normalized spacial score (nSPS) is 10.6. The fourth-order valence-corrected chi connectivity index (χ4v) is 2.19. The van der Waals surface area contributed by atoms with E-state index in [-0.39, 0.29) is 5.91 Å². The molecule has 0 bridgehead atoms. The van der Waals surface area contributed by atoms with Gasteiger partial charge >= 0.3 is 0 Å². The van der Waals surface area contributed by atoms with Crippen molar-refractivity contribution in [2.75, 3.05) is 5.32 Å². The molecule has 4 nitrogen and oxygen atoms in total. The van der Waals surface area contributed by atoms with Gasteiger partial charge in [0.2, 0.25) is 5.91 Å². The molecule has 1 N–H and O–H groups in total. The maximum atomic E-state index is 11.3. The summed E-state index contributed by atoms with van der Waals surface area (Å²) in [6, 6.07) is 11.6. The first kappa shape index (κ1) is 11.5. The van der Waals surface area contributed by atoms with Crippen LogP contribution >= 0.6 is 0 Å². The molecular formula is C15H13N3O. The van der Waals surface area contributed by atoms with E-state index in [1.807, 2.05) is 53.4 Å². The van der Waals surface area contributed by atoms with Crippen LogP contribution in [0.5, 0.6) is 0 Å². The van der Waals surface area contributed by atoms with Gasteiger partial charge in [-0.05, 0) is 36.4 Å². The molecule has 4 heteroatoms. The maximum Gasteiger partial charge on any atom is 0.221 e. The van der Waals surface area contributed by atoms with Crippen LogP contribution in [0.2, 0.25) is 0 Å². The Labute approximate surface area is 110 Å². The number of hydrogen-bond donors (Lipinski definition) is 1. The van der Waals surface area contributed by atoms with Crippen molar-refractivity contribution in [3.05, 3.63) is 55.0 Å². The summed E-state index contributed by atoms with van der Waals surface area (Å²) < 4.78 is 1.98. The molecule has 0 unspecified atom stereocenters. The Morgan fingerprint density at radius 2 is 1.95 bits per heavy atom. The predicted octanol–water partition coefficient (Wildman–Crippen LogP) is 2.98. The van der Waals surface area contributed by atoms with Crippen LogP contribution in [0.15, 0.2) is 55.0 Å². The molecule has 3 rings (SSSR count). The van der Waals surface area contributed by atoms with Gasteiger partial charge in [-0.1, -0.05) is 0 Å². The minimum absolute atomic E-state index is 0.0864. The van der Waals surface area contributed by atoms with E-state index in [0.717, 1.165) is 22.3 Å². The van der Waals surface area contributed by atoms with Crippen LogP contribution < -0.4 is 5.32 Å². The summed E-state index contributed by atoms with van der Waals surface area (Å²) in [6.45, 7) is 1.51. The Balaban J connectivity index is 2.31. The van der Waals surface area contributed by atoms with Crippen LogP contribution in [-0.4, -0.2) is 15.5 Å². The molecule has 0 radical (unpaired) electrons. The maximum absolute atomic E-state index is 11.3. The Morgan fingerprint density at radius 1 is 1.16 bits per heavy atom. The lowest BCUT2D eigenvalue weighted by atomic mass is 10.1. The Bertz CT molecular complexity index is 732. The SMILES string of the molecule is CC(=O)Nc1ccc2ncccc2c1-n1cccc1. The summed E-state index contributed by atoms with van der Waals surface area (Å²) >= 11 is 0. The van der Waals surface area contributed by atoms with Gasteiger partial charge in [0.1, 0.15) is 0 Å². The minimum Gasteiger partial charge on any atom is -0.324 e. The third-order valence-electron chi connectivity index (χ3n) is 2.93. The van der Waals surface area contributed by atoms with Gasteiger partial charge in [-0.2, -0.15) is 0 Å². The van der Waals surface area contributed by atoms with E-state index >= 15 is 0 Å². The molecule has 1 aromatic carbocycles. The van der Waals surface area contributed by atoms with E-state index in [9.17, 15) is 4.79 Å². The molecule has 2 heterocycles. The van der Waals surface area contributed by atoms with Gasteiger partial charge in [-0.15, -0.1) is 0 Å². The van der Waals surface area contributed by atoms with Gasteiger partial charge in [0, 0.05) is 30.9 Å². The second kappa shape index (κ2) is 4.57. The van der Waals surface area contributed by atoms with Gasteiger partial charge in [0.15, 0.2) is 0 Å². The number of fused-ring (bicyclic) bond motifs is 1. The van der Waals surface area contributed by atoms with Crippen LogP contribution in [0.4, 0.5) is 5.69 Å². The van der Waals surface area contributed by atoms with E-state index in [2.05, 4.69) is 10.3 Å². The smallest absolute Gasteiger partial charge is 0.221 e. The second-order valence-corrected chi connectivity index (χ2v) is 4.30. The van der Waals surface area contributed by atoms with Crippen LogP contribution in [0.1, 0.15) is 6.92 Å². The highest BCUT2D eigenvalue weighted by atomic mass is 16.1. The minimum atomic E-state index is -0.0864. The van der Waals surface area contributed by atoms with Crippen molar-refractivity contribution >= 4 is 22.5 Å². The Morgan fingerprint density at radius 3 is 2.68 bits per heavy atom. The number of carbonyl (C=O) groups excluding carboxylic acids is 1. The number of anilines is 1. The molecule has 0 aliphatic rings. The number of amides is 1. The lowest BCUT2D eigenvalue weighted by Gasteiger charge is -2.14. The topological polar surface area (TPSA) is 46.9 Å². The molecular weight excluding hydrogens is 238 g/mol. The third kappa shape index (κ3) is 2.08. The first-order valence-corrected chi connectivity index (χ1v) is 6.04. The third-order valence-corrected chi connectivity index (χ3v) is 2.93. The summed E-state index contributed by atoms with van der Waals surface area (Å²) in [7, 11) is 0. The number of carbonyl (C=O) groups is 1. The molecule has 0 atom stereocenters. The molecule has 94 valence electrons. The number of nitrogens with one attached hydrogen (secondary N) is 1. The number of hydrogen-bond acceptors (Lipinski definition) is 2. The molecule has 0 spiro atoms. The summed E-state index contributed by atoms with van der Waals surface area (Å²) in [5.74, 6) is -0.0864. The molecule has 2 aromatic heterocycles. The number of benzene rings is 1. The van der Waals surface area contributed by atoms with Crippen molar-refractivity contribution in [2.24, 2.45) is 0 Å². The fraction of sp³-hybridized carbons (Fsp3) is 0.0667. The van der Waals surface area contributed by atoms with Crippen LogP contribution in [-0.2, 0) is 4.79 Å². The van der Waals surface area contributed by atoms with Crippen molar-refractivity contribution in [2.45, 2.75) is 6.92 Å². The van der Waals surface area contributed by atoms with Crippen molar-refractivity contribution in [1.82, 2.24) is 9.55 Å². The van der Waals surface area contributed by atoms with Gasteiger partial charge in [-0.25, -0.2) is 0 Å². The molecule has 3 aromatic rings. The molecule has 1 amide bonds. The summed E-state index contributed by atoms with van der Waals surface area (Å²) in [5, 5.41) is 3.87. The average molecular weight is 251 g/mol. The van der Waals surface area contributed by atoms with Crippen molar-refractivity contribution < 1.29 is 4.79 Å². The zero-order chi connectivity index (χ0) is 13.2. The highest BCUT2D eigenvalue weighted by Gasteiger charge is 2.10. The second-order valence-electron chi connectivity index (χ2n) is 4.30. The Hall–Kier alpha value is -2.62. The van der Waals surface area contributed by atoms with E-state index in [4.69, 9.17) is 0 Å². The number of aromatic nitrogens is 2. The molecule has 0 aliphatic carbocycles. The Kier molecular flexibility index (Phi) is 2.76. The number of pyridine rings is 1. The van der Waals surface area contributed by atoms with Crippen molar-refractivity contribution in [3.8, 4) is 5.69 Å². The van der Waals surface area contributed by atoms with Crippen LogP contribution in [0, 0.1) is 0 Å². The van der Waals surface area contributed by atoms with Crippen LogP contribution in [0.3, 0.4) is 0 Å². The van der Waals surface area contributed by atoms with Gasteiger partial charge in [-0.3, -0.25) is 9.78 Å². The highest BCUT2D eigenvalue weighted by molar-refractivity contribution is 5.99. The molecule has 0 saturated heterocycles. The molecule has 0 fully saturated rings. The number of nitrogens with zero attached hydrogens (tertiary/aromatic N) is 2. The first-order chi connectivity index (χ1) is 9.25. The standard InChI is InChI=1S/C15H13N3O/c1-11(19)17-14-7-6-13-12(5-4-8-16-13)15(14)18-9-2-3-10-18/h2-10H,1H3,(H,17,19). The van der Waals surface area contributed by atoms with Gasteiger partial charge in [0.25, 0.3) is 0 Å². The summed E-state index contributed by atoms with van der Waals surface area (Å²) in [6.07, 6.45) is 5.67. The summed E-state index contributed by atoms with van der Waals surface area (Å²) in [4.78, 5) is 15.7. The van der Waals surface area contributed by atoms with Crippen molar-refractivity contribution in [1.29, 1.82) is 0 Å². The predicted molar refractivity (Wildman–Crippen MR) is 75.4 cm³/mol. The monoisotopic (exact) mass is 251 g/mol. The number of rotatable bonds is 2. The van der Waals surface area contributed by atoms with Gasteiger partial charge in [0.05, 0.1) is 16.9 Å². The lowest BCUT2D eigenvalue weighted by Crippen LogP contribution is -2.09. The van der Waals surface area contributed by atoms with E-state index in [1.165, 1.54) is 6.92 Å². The molecule has 0 aliphatic heterocycles. The average Bonchev–Trinajstić information content (AvgIpc) is 2.91. The van der Waals surface area contributed by atoms with E-state index < -0.39 is 0 Å². The lowest BCUT2D eigenvalue weighted by molar-refractivity contribution is -0.114. The van der Waals surface area contributed by atoms with Gasteiger partial charge < -0.3 is 9.88 Å². The highest BCUT2D eigenvalue weighted by Crippen LogP contribution is 2.28. The first-order valence-electron chi connectivity index (χ1n) is 6.04. The van der Waals surface area contributed by atoms with E-state index in [1.54, 1.807) is 6.20 Å². The largest absolute Gasteiger partial charge is 0.324 e. The van der Waals surface area contributed by atoms with Crippen molar-refractivity contribution in [3.63, 3.8) is 0 Å². The zero-order valence-electron chi connectivity index (χ0n) is 10.5. The fourth-order valence-electron chi connectivity index (χ4n) is 2.19. The summed E-state index contributed by atoms with van der Waals surface area (Å²) in [5.41, 5.74) is 2.62.